The van der Waals surface area contributed by atoms with E-state index in [0.29, 0.717) is 50.3 Å². The number of nitrogens with zero attached hydrogens (tertiary/aromatic N) is 3. The van der Waals surface area contributed by atoms with Gasteiger partial charge in [0.25, 0.3) is 11.8 Å². The zero-order valence-corrected chi connectivity index (χ0v) is 24.3. The zero-order valence-electron chi connectivity index (χ0n) is 23.4. The normalized spacial score (nSPS) is 18.1. The molecule has 0 spiro atoms. The maximum Gasteiger partial charge on any atom is 0.388 e. The number of hydroxylamine groups is 2. The second-order valence-electron chi connectivity index (χ2n) is 10.1. The van der Waals surface area contributed by atoms with Gasteiger partial charge in [-0.1, -0.05) is 11.8 Å². The van der Waals surface area contributed by atoms with Crippen molar-refractivity contribution < 1.29 is 40.5 Å². The summed E-state index contributed by atoms with van der Waals surface area (Å²) in [6.45, 7) is 3.63. The lowest BCUT2D eigenvalue weighted by Gasteiger charge is -2.26. The first-order valence-electron chi connectivity index (χ1n) is 13.5. The number of benzene rings is 1. The quantitative estimate of drug-likeness (QED) is 0.237. The molecule has 0 atom stereocenters. The molecule has 2 aromatic rings. The smallest absolute Gasteiger partial charge is 0.388 e. The molecule has 1 aromatic heterocycles. The van der Waals surface area contributed by atoms with Crippen molar-refractivity contribution in [2.75, 3.05) is 13.7 Å². The molecular weight excluding hydrogens is 570 g/mol. The van der Waals surface area contributed by atoms with Gasteiger partial charge in [0.05, 0.1) is 18.5 Å². The van der Waals surface area contributed by atoms with Crippen LogP contribution in [0, 0.1) is 0 Å². The number of carbonyl (C=O) groups excluding carboxylic acids is 4. The predicted molar refractivity (Wildman–Crippen MR) is 152 cm³/mol. The lowest BCUT2D eigenvalue weighted by molar-refractivity contribution is -0.303. The molecule has 0 unspecified atom stereocenters. The second-order valence-corrected chi connectivity index (χ2v) is 11.7. The van der Waals surface area contributed by atoms with Gasteiger partial charge in [0, 0.05) is 56.4 Å². The number of hydrogen-bond acceptors (Lipinski definition) is 6. The summed E-state index contributed by atoms with van der Waals surface area (Å²) in [5.74, 6) is -1.49. The van der Waals surface area contributed by atoms with E-state index < -0.39 is 29.0 Å². The van der Waals surface area contributed by atoms with Gasteiger partial charge in [-0.2, -0.15) is 0 Å². The number of nitrogens with one attached hydrogen (secondary N) is 1. The first kappa shape index (κ1) is 29.2. The Bertz CT molecular complexity index is 1560. The minimum absolute atomic E-state index is 0.0148. The fourth-order valence-corrected chi connectivity index (χ4v) is 7.08. The number of fused-ring (bicyclic) bond motifs is 2. The van der Waals surface area contributed by atoms with Crippen LogP contribution in [0.25, 0.3) is 17.3 Å². The van der Waals surface area contributed by atoms with Crippen LogP contribution in [0.2, 0.25) is 0 Å². The van der Waals surface area contributed by atoms with Crippen LogP contribution in [0.5, 0.6) is 5.75 Å². The fraction of sp³-hybridized carbons (Fsp3) is 0.345. The average molecular weight is 602 g/mol. The molecule has 1 saturated heterocycles. The summed E-state index contributed by atoms with van der Waals surface area (Å²) in [4.78, 5) is 52.3. The number of carbonyl (C=O) groups is 4. The summed E-state index contributed by atoms with van der Waals surface area (Å²) < 4.78 is 39.8. The lowest BCUT2D eigenvalue weighted by atomic mass is 10.0. The molecule has 42 heavy (non-hydrogen) atoms. The van der Waals surface area contributed by atoms with Crippen molar-refractivity contribution in [3.8, 4) is 17.0 Å². The number of rotatable bonds is 10. The SMILES string of the molecule is COc1ccc(-c2ccc3n2S(F)(F)[N+]2=C(C)C(CCC(=O)NCCCC(=O)ON4C(=O)CCC4=O)=C(C)C2=C3)cc1. The Hall–Kier alpha value is -4.26. The Labute approximate surface area is 243 Å². The molecule has 1 fully saturated rings. The van der Waals surface area contributed by atoms with Gasteiger partial charge in [0.1, 0.15) is 5.75 Å². The Kier molecular flexibility index (Phi) is 8.04. The Morgan fingerprint density at radius 1 is 1.02 bits per heavy atom. The maximum absolute atomic E-state index is 16.2. The third kappa shape index (κ3) is 5.36. The Morgan fingerprint density at radius 3 is 2.38 bits per heavy atom. The summed E-state index contributed by atoms with van der Waals surface area (Å²) in [5, 5.41) is 3.20. The van der Waals surface area contributed by atoms with Crippen LogP contribution in [0.4, 0.5) is 7.77 Å². The van der Waals surface area contributed by atoms with E-state index in [9.17, 15) is 19.2 Å². The van der Waals surface area contributed by atoms with Crippen LogP contribution in [-0.4, -0.2) is 56.1 Å². The van der Waals surface area contributed by atoms with E-state index in [4.69, 9.17) is 9.57 Å². The van der Waals surface area contributed by atoms with Gasteiger partial charge in [-0.15, -0.1) is 5.06 Å². The standard InChI is InChI=1S/C29H30F2N4O6S/c1-18-23(11-13-26(36)32-16-4-5-29(39)41-33-27(37)14-15-28(33)38)19(2)34-25(18)17-21-8-12-24(35(21)42(34,30)31)20-6-9-22(40-3)10-7-20/h6-10,12,17H,4-5,11,13-16H2,1-3H3/p+1. The van der Waals surface area contributed by atoms with Crippen molar-refractivity contribution in [2.45, 2.75) is 52.4 Å². The topological polar surface area (TPSA) is 110 Å². The Balaban J connectivity index is 1.20. The third-order valence-electron chi connectivity index (χ3n) is 7.45. The molecule has 1 aromatic carbocycles. The summed E-state index contributed by atoms with van der Waals surface area (Å²) in [5.41, 5.74) is 3.72. The summed E-state index contributed by atoms with van der Waals surface area (Å²) >= 11 is -4.48. The van der Waals surface area contributed by atoms with Crippen LogP contribution in [0.1, 0.15) is 58.1 Å². The molecule has 1 N–H and O–H groups in total. The number of halogens is 2. The highest BCUT2D eigenvalue weighted by molar-refractivity contribution is 8.19. The summed E-state index contributed by atoms with van der Waals surface area (Å²) in [7, 11) is 1.55. The lowest BCUT2D eigenvalue weighted by Crippen LogP contribution is -2.32. The molecule has 0 saturated carbocycles. The minimum atomic E-state index is -4.48. The summed E-state index contributed by atoms with van der Waals surface area (Å²) in [6, 6.07) is 10.4. The zero-order chi connectivity index (χ0) is 30.2. The number of methoxy groups -OCH3 is 1. The molecule has 4 heterocycles. The van der Waals surface area contributed by atoms with Crippen LogP contribution in [-0.2, 0) is 24.0 Å². The van der Waals surface area contributed by atoms with Gasteiger partial charge in [-0.05, 0) is 61.7 Å². The Morgan fingerprint density at radius 2 is 1.71 bits per heavy atom. The fourth-order valence-electron chi connectivity index (χ4n) is 5.28. The van der Waals surface area contributed by atoms with E-state index in [1.54, 1.807) is 63.4 Å². The van der Waals surface area contributed by atoms with Crippen molar-refractivity contribution in [1.82, 2.24) is 14.4 Å². The van der Waals surface area contributed by atoms with Crippen molar-refractivity contribution in [1.29, 1.82) is 0 Å². The minimum Gasteiger partial charge on any atom is -0.497 e. The molecule has 222 valence electrons. The number of imide groups is 1. The van der Waals surface area contributed by atoms with Crippen LogP contribution in [0.3, 0.4) is 0 Å². The summed E-state index contributed by atoms with van der Waals surface area (Å²) in [6.07, 6.45) is 2.30. The van der Waals surface area contributed by atoms with Gasteiger partial charge < -0.3 is 14.9 Å². The first-order valence-corrected chi connectivity index (χ1v) is 14.9. The van der Waals surface area contributed by atoms with E-state index >= 15 is 7.77 Å². The largest absolute Gasteiger partial charge is 0.497 e. The molecule has 3 aliphatic heterocycles. The van der Waals surface area contributed by atoms with Crippen molar-refractivity contribution in [3.63, 3.8) is 0 Å². The maximum atomic E-state index is 16.2. The predicted octanol–water partition coefficient (Wildman–Crippen LogP) is 4.86. The van der Waals surface area contributed by atoms with Crippen LogP contribution < -0.4 is 10.1 Å². The van der Waals surface area contributed by atoms with Crippen molar-refractivity contribution in [3.05, 3.63) is 58.9 Å². The number of ether oxygens (including phenoxy) is 1. The van der Waals surface area contributed by atoms with E-state index in [0.717, 1.165) is 7.95 Å². The molecule has 0 radical (unpaired) electrons. The van der Waals surface area contributed by atoms with Crippen molar-refractivity contribution >= 4 is 46.7 Å². The van der Waals surface area contributed by atoms with E-state index in [-0.39, 0.29) is 51.0 Å². The van der Waals surface area contributed by atoms with Gasteiger partial charge in [-0.25, -0.2) is 8.77 Å². The molecule has 10 nitrogen and oxygen atoms in total. The first-order chi connectivity index (χ1) is 20.0. The molecule has 0 bridgehead atoms. The number of allylic oxidation sites excluding steroid dienone is 2. The highest BCUT2D eigenvalue weighted by Gasteiger charge is 2.52. The molecular formula is C29H31F2N4O6S+. The monoisotopic (exact) mass is 601 g/mol. The molecule has 3 amide bonds. The number of hydrogen-bond donors (Lipinski definition) is 1. The molecule has 3 aliphatic rings. The molecule has 13 heteroatoms. The van der Waals surface area contributed by atoms with Gasteiger partial charge >= 0.3 is 17.1 Å². The van der Waals surface area contributed by atoms with Gasteiger partial charge in [0.15, 0.2) is 0 Å². The van der Waals surface area contributed by atoms with Gasteiger partial charge in [0.2, 0.25) is 17.3 Å². The van der Waals surface area contributed by atoms with Crippen LogP contribution >= 0.6 is 11.2 Å². The molecule has 5 rings (SSSR count). The number of aromatic nitrogens is 1. The average Bonchev–Trinajstić information content (AvgIpc) is 3.61. The van der Waals surface area contributed by atoms with E-state index in [1.165, 1.54) is 0 Å². The highest BCUT2D eigenvalue weighted by atomic mass is 32.3. The van der Waals surface area contributed by atoms with E-state index in [2.05, 4.69) is 5.32 Å². The second kappa shape index (κ2) is 11.6. The number of amides is 3. The highest BCUT2D eigenvalue weighted by Crippen LogP contribution is 2.62. The third-order valence-corrected chi connectivity index (χ3v) is 9.21. The van der Waals surface area contributed by atoms with Crippen molar-refractivity contribution in [2.24, 2.45) is 0 Å². The van der Waals surface area contributed by atoms with Gasteiger partial charge in [-0.3, -0.25) is 14.4 Å². The molecule has 0 aliphatic carbocycles. The van der Waals surface area contributed by atoms with E-state index in [1.807, 2.05) is 0 Å². The van der Waals surface area contributed by atoms with Crippen LogP contribution in [0.15, 0.2) is 53.2 Å².